The van der Waals surface area contributed by atoms with Crippen molar-refractivity contribution in [3.63, 3.8) is 0 Å². The minimum absolute atomic E-state index is 0.117. The molecule has 0 unspecified atom stereocenters. The van der Waals surface area contributed by atoms with Crippen LogP contribution in [0.3, 0.4) is 0 Å². The molecule has 378 valence electrons. The standard InChI is InChI=1S/C67H33F6N7/c68-66(69,70)56-14-5-15-57(67(71,72)73)64(56)65-62(79-58-30-48(44-10-1-6-39(24-44)34-74)16-20-52(58)53-21-17-49(31-59(53)79)45-11-2-7-40(25-45)35-75)28-43(38-78)29-63(65)80-60-32-50(46-12-3-8-41(26-46)36-76)18-22-54(60)55-23-19-51(33-61(55)80)47-13-4-9-42(27-47)37-77/h1-33H. The van der Waals surface area contributed by atoms with Crippen LogP contribution in [0.15, 0.2) is 200 Å². The molecule has 0 aliphatic rings. The maximum Gasteiger partial charge on any atom is 0.417 e. The van der Waals surface area contributed by atoms with Gasteiger partial charge in [0, 0.05) is 32.7 Å². The molecule has 0 atom stereocenters. The van der Waals surface area contributed by atoms with Gasteiger partial charge in [-0.05, 0) is 142 Å². The minimum atomic E-state index is -5.38. The van der Waals surface area contributed by atoms with Crippen LogP contribution >= 0.6 is 0 Å². The molecule has 7 nitrogen and oxygen atoms in total. The zero-order valence-electron chi connectivity index (χ0n) is 41.5. The van der Waals surface area contributed by atoms with Crippen LogP contribution in [0, 0.1) is 56.7 Å². The summed E-state index contributed by atoms with van der Waals surface area (Å²) < 4.78 is 99.7. The molecule has 0 radical (unpaired) electrons. The van der Waals surface area contributed by atoms with Crippen molar-refractivity contribution < 1.29 is 26.3 Å². The first-order valence-corrected chi connectivity index (χ1v) is 24.7. The fourth-order valence-corrected chi connectivity index (χ4v) is 10.9. The van der Waals surface area contributed by atoms with Gasteiger partial charge < -0.3 is 9.13 Å². The second-order valence-corrected chi connectivity index (χ2v) is 19.1. The van der Waals surface area contributed by atoms with Crippen molar-refractivity contribution >= 4 is 43.6 Å². The van der Waals surface area contributed by atoms with Gasteiger partial charge in [0.05, 0.1) is 103 Å². The summed E-state index contributed by atoms with van der Waals surface area (Å²) in [5.41, 5.74) is 1.95. The predicted molar refractivity (Wildman–Crippen MR) is 296 cm³/mol. The third kappa shape index (κ3) is 8.48. The number of aromatic nitrogens is 2. The Morgan fingerprint density at radius 1 is 0.275 bits per heavy atom. The van der Waals surface area contributed by atoms with E-state index in [4.69, 9.17) is 0 Å². The molecule has 2 heterocycles. The van der Waals surface area contributed by atoms with Crippen molar-refractivity contribution in [1.29, 1.82) is 26.3 Å². The molecule has 80 heavy (non-hydrogen) atoms. The first kappa shape index (κ1) is 49.7. The highest BCUT2D eigenvalue weighted by atomic mass is 19.4. The molecule has 12 aromatic rings. The van der Waals surface area contributed by atoms with Gasteiger partial charge in [0.2, 0.25) is 0 Å². The van der Waals surface area contributed by atoms with Gasteiger partial charge in [0.15, 0.2) is 0 Å². The highest BCUT2D eigenvalue weighted by molar-refractivity contribution is 6.14. The molecule has 0 aliphatic carbocycles. The average molecular weight is 1050 g/mol. The number of nitriles is 5. The molecule has 0 bridgehead atoms. The lowest BCUT2D eigenvalue weighted by Crippen LogP contribution is -2.16. The van der Waals surface area contributed by atoms with Crippen LogP contribution in [0.5, 0.6) is 0 Å². The second-order valence-electron chi connectivity index (χ2n) is 19.1. The molecule has 12 rings (SSSR count). The van der Waals surface area contributed by atoms with Crippen molar-refractivity contribution in [2.75, 3.05) is 0 Å². The number of nitrogens with zero attached hydrogens (tertiary/aromatic N) is 7. The summed E-state index contributed by atoms with van der Waals surface area (Å²) in [7, 11) is 0. The van der Waals surface area contributed by atoms with Gasteiger partial charge in [-0.25, -0.2) is 0 Å². The average Bonchev–Trinajstić information content (AvgIpc) is 4.06. The summed E-state index contributed by atoms with van der Waals surface area (Å²) in [6.07, 6.45) is -10.8. The molecule has 10 aromatic carbocycles. The van der Waals surface area contributed by atoms with Crippen molar-refractivity contribution in [3.8, 4) is 97.4 Å². The highest BCUT2D eigenvalue weighted by Gasteiger charge is 2.43. The zero-order valence-corrected chi connectivity index (χ0v) is 41.5. The van der Waals surface area contributed by atoms with E-state index in [0.29, 0.717) is 123 Å². The Labute approximate surface area is 452 Å². The molecule has 0 saturated heterocycles. The van der Waals surface area contributed by atoms with Crippen molar-refractivity contribution in [2.45, 2.75) is 12.4 Å². The molecular formula is C67H33F6N7. The third-order valence-corrected chi connectivity index (χ3v) is 14.5. The summed E-state index contributed by atoms with van der Waals surface area (Å²) in [6.45, 7) is 0. The van der Waals surface area contributed by atoms with Crippen molar-refractivity contribution in [1.82, 2.24) is 9.13 Å². The lowest BCUT2D eigenvalue weighted by Gasteiger charge is -2.26. The predicted octanol–water partition coefficient (Wildman–Crippen LogP) is 17.6. The fourth-order valence-electron chi connectivity index (χ4n) is 10.9. The van der Waals surface area contributed by atoms with E-state index in [1.807, 2.05) is 24.3 Å². The number of hydrogen-bond donors (Lipinski definition) is 0. The van der Waals surface area contributed by atoms with Gasteiger partial charge in [0.25, 0.3) is 0 Å². The van der Waals surface area contributed by atoms with Gasteiger partial charge in [0.1, 0.15) is 0 Å². The van der Waals surface area contributed by atoms with Gasteiger partial charge in [-0.3, -0.25) is 0 Å². The summed E-state index contributed by atoms with van der Waals surface area (Å²) in [6, 6.07) is 64.0. The van der Waals surface area contributed by atoms with Crippen molar-refractivity contribution in [2.24, 2.45) is 0 Å². The number of benzene rings is 10. The van der Waals surface area contributed by atoms with E-state index in [1.54, 1.807) is 155 Å². The number of rotatable bonds is 7. The van der Waals surface area contributed by atoms with E-state index >= 15 is 26.3 Å². The number of halogens is 6. The SMILES string of the molecule is N#Cc1cccc(-c2ccc3c4ccc(-c5cccc(C#N)c5)cc4n(-c4cc(C#N)cc(-n5c6cc(-c7cccc(C#N)c7)ccc6c6ccc(-c7cccc(C#N)c7)cc65)c4-c4c(C(F)(F)F)cccc4C(F)(F)F)c3c2)c1. The molecule has 0 fully saturated rings. The second kappa shape index (κ2) is 19.1. The van der Waals surface area contributed by atoms with Gasteiger partial charge in [-0.1, -0.05) is 103 Å². The van der Waals surface area contributed by atoms with E-state index in [9.17, 15) is 26.3 Å². The van der Waals surface area contributed by atoms with Crippen LogP contribution in [-0.4, -0.2) is 9.13 Å². The van der Waals surface area contributed by atoms with Crippen LogP contribution in [-0.2, 0) is 12.4 Å². The van der Waals surface area contributed by atoms with E-state index in [0.717, 1.165) is 6.07 Å². The first-order chi connectivity index (χ1) is 38.7. The minimum Gasteiger partial charge on any atom is -0.308 e. The smallest absolute Gasteiger partial charge is 0.308 e. The normalized spacial score (nSPS) is 11.6. The monoisotopic (exact) mass is 1050 g/mol. The Hall–Kier alpha value is -11.2. The number of fused-ring (bicyclic) bond motifs is 6. The molecule has 0 amide bonds. The molecule has 0 N–H and O–H groups in total. The molecule has 13 heteroatoms. The van der Waals surface area contributed by atoms with E-state index in [2.05, 4.69) is 30.3 Å². The number of hydrogen-bond acceptors (Lipinski definition) is 5. The van der Waals surface area contributed by atoms with Crippen molar-refractivity contribution in [3.05, 3.63) is 239 Å². The summed E-state index contributed by atoms with van der Waals surface area (Å²) >= 11 is 0. The van der Waals surface area contributed by atoms with Crippen LogP contribution in [0.2, 0.25) is 0 Å². The quantitative estimate of drug-likeness (QED) is 0.147. The Kier molecular flexibility index (Phi) is 11.9. The summed E-state index contributed by atoms with van der Waals surface area (Å²) in [5, 5.41) is 53.1. The lowest BCUT2D eigenvalue weighted by atomic mass is 9.89. The summed E-state index contributed by atoms with van der Waals surface area (Å²) in [5.74, 6) is 0. The molecule has 0 saturated carbocycles. The Balaban J connectivity index is 1.31. The maximum absolute atomic E-state index is 16.1. The van der Waals surface area contributed by atoms with E-state index in [1.165, 1.54) is 12.1 Å². The summed E-state index contributed by atoms with van der Waals surface area (Å²) in [4.78, 5) is 0. The largest absolute Gasteiger partial charge is 0.417 e. The van der Waals surface area contributed by atoms with Crippen LogP contribution < -0.4 is 0 Å². The molecule has 0 spiro atoms. The Morgan fingerprint density at radius 2 is 0.537 bits per heavy atom. The maximum atomic E-state index is 16.1. The van der Waals surface area contributed by atoms with Gasteiger partial charge in [-0.2, -0.15) is 52.7 Å². The molecule has 0 aliphatic heterocycles. The Bertz CT molecular complexity index is 4310. The van der Waals surface area contributed by atoms with Gasteiger partial charge in [-0.15, -0.1) is 0 Å². The lowest BCUT2D eigenvalue weighted by molar-refractivity contribution is -0.142. The fraction of sp³-hybridized carbons (Fsp3) is 0.0299. The topological polar surface area (TPSA) is 129 Å². The first-order valence-electron chi connectivity index (χ1n) is 24.7. The Morgan fingerprint density at radius 3 is 0.800 bits per heavy atom. The van der Waals surface area contributed by atoms with Crippen LogP contribution in [0.25, 0.3) is 111 Å². The highest BCUT2D eigenvalue weighted by Crippen LogP contribution is 2.51. The van der Waals surface area contributed by atoms with Gasteiger partial charge >= 0.3 is 12.4 Å². The van der Waals surface area contributed by atoms with E-state index in [-0.39, 0.29) is 16.9 Å². The molecule has 2 aromatic heterocycles. The van der Waals surface area contributed by atoms with E-state index < -0.39 is 34.6 Å². The number of alkyl halides is 6. The zero-order chi connectivity index (χ0) is 55.6. The molecular weight excluding hydrogens is 1020 g/mol. The van der Waals surface area contributed by atoms with Crippen LogP contribution in [0.4, 0.5) is 26.3 Å². The van der Waals surface area contributed by atoms with Crippen LogP contribution in [0.1, 0.15) is 38.9 Å². The third-order valence-electron chi connectivity index (χ3n) is 14.5.